The smallest absolute Gasteiger partial charge is 0.224 e. The second kappa shape index (κ2) is 5.07. The molecule has 3 heterocycles. The maximum Gasteiger partial charge on any atom is 0.224 e. The fourth-order valence-electron chi connectivity index (χ4n) is 2.48. The molecule has 1 fully saturated rings. The molecule has 114 valence electrons. The van der Waals surface area contributed by atoms with Crippen LogP contribution in [0.3, 0.4) is 0 Å². The lowest BCUT2D eigenvalue weighted by Gasteiger charge is -2.15. The van der Waals surface area contributed by atoms with Gasteiger partial charge in [0.05, 0.1) is 19.5 Å². The van der Waals surface area contributed by atoms with Gasteiger partial charge in [-0.05, 0) is 0 Å². The minimum absolute atomic E-state index is 0.0261. The number of nitrogen functional groups attached to an aromatic ring is 2. The van der Waals surface area contributed by atoms with Crippen LogP contribution in [0.1, 0.15) is 0 Å². The average molecular weight is 296 g/mol. The highest BCUT2D eigenvalue weighted by Crippen LogP contribution is 2.25. The number of hydrogen-bond donors (Lipinski definition) is 5. The van der Waals surface area contributed by atoms with Gasteiger partial charge in [0.25, 0.3) is 0 Å². The van der Waals surface area contributed by atoms with E-state index in [0.717, 1.165) is 0 Å². The molecule has 0 spiro atoms. The number of aliphatic hydroxyl groups excluding tert-OH is 3. The van der Waals surface area contributed by atoms with Crippen molar-refractivity contribution < 1.29 is 20.1 Å². The molecule has 1 aliphatic heterocycles. The van der Waals surface area contributed by atoms with Crippen LogP contribution in [0.2, 0.25) is 0 Å². The summed E-state index contributed by atoms with van der Waals surface area (Å²) in [6, 6.07) is 0. The van der Waals surface area contributed by atoms with E-state index in [0.29, 0.717) is 11.2 Å². The predicted molar refractivity (Wildman–Crippen MR) is 71.9 cm³/mol. The largest absolute Gasteiger partial charge is 0.394 e. The van der Waals surface area contributed by atoms with Gasteiger partial charge in [-0.3, -0.25) is 0 Å². The number of aliphatic hydroxyl groups is 3. The number of anilines is 2. The molecule has 0 saturated carbocycles. The normalized spacial score (nSPS) is 29.3. The summed E-state index contributed by atoms with van der Waals surface area (Å²) in [6.45, 7) is -0.191. The zero-order valence-corrected chi connectivity index (χ0v) is 11.0. The fourth-order valence-corrected chi connectivity index (χ4v) is 2.48. The number of nitrogens with two attached hydrogens (primary N) is 2. The molecule has 0 unspecified atom stereocenters. The van der Waals surface area contributed by atoms with Gasteiger partial charge in [-0.1, -0.05) is 0 Å². The van der Waals surface area contributed by atoms with E-state index >= 15 is 0 Å². The Morgan fingerprint density at radius 2 is 1.90 bits per heavy atom. The minimum atomic E-state index is -1.14. The van der Waals surface area contributed by atoms with Crippen molar-refractivity contribution in [3.8, 4) is 0 Å². The van der Waals surface area contributed by atoms with E-state index in [1.165, 1.54) is 6.33 Å². The van der Waals surface area contributed by atoms with E-state index < -0.39 is 24.4 Å². The van der Waals surface area contributed by atoms with Gasteiger partial charge < -0.3 is 36.1 Å². The molecule has 1 aliphatic rings. The first-order valence-corrected chi connectivity index (χ1v) is 6.37. The highest BCUT2D eigenvalue weighted by atomic mass is 16.6. The molecule has 0 aliphatic carbocycles. The summed E-state index contributed by atoms with van der Waals surface area (Å²) in [4.78, 5) is 11.9. The summed E-state index contributed by atoms with van der Waals surface area (Å²) < 4.78 is 7.03. The van der Waals surface area contributed by atoms with Crippen LogP contribution in [0, 0.1) is 0 Å². The highest BCUT2D eigenvalue weighted by Gasteiger charge is 2.42. The summed E-state index contributed by atoms with van der Waals surface area (Å²) in [5.41, 5.74) is 12.1. The number of fused-ring (bicyclic) bond motifs is 1. The Labute approximate surface area is 119 Å². The second-order valence-corrected chi connectivity index (χ2v) is 4.91. The van der Waals surface area contributed by atoms with Crippen molar-refractivity contribution in [2.24, 2.45) is 0 Å². The van der Waals surface area contributed by atoms with Crippen LogP contribution < -0.4 is 11.5 Å². The Morgan fingerprint density at radius 1 is 1.19 bits per heavy atom. The Morgan fingerprint density at radius 3 is 2.57 bits per heavy atom. The van der Waals surface area contributed by atoms with Crippen LogP contribution in [-0.2, 0) is 11.3 Å². The quantitative estimate of drug-likeness (QED) is 0.410. The molecule has 7 N–H and O–H groups in total. The van der Waals surface area contributed by atoms with E-state index in [1.807, 2.05) is 0 Å². The fraction of sp³-hybridized carbons (Fsp3) is 0.545. The van der Waals surface area contributed by atoms with E-state index in [1.54, 1.807) is 4.57 Å². The Hall–Kier alpha value is -2.01. The summed E-state index contributed by atoms with van der Waals surface area (Å²) in [5.74, 6) is 0.194. The third kappa shape index (κ3) is 2.27. The van der Waals surface area contributed by atoms with Crippen LogP contribution in [0.5, 0.6) is 0 Å². The van der Waals surface area contributed by atoms with Gasteiger partial charge in [-0.15, -0.1) is 0 Å². The molecule has 2 aromatic rings. The predicted octanol–water partition coefficient (Wildman–Crippen LogP) is -2.53. The number of rotatable bonds is 3. The first kappa shape index (κ1) is 13.9. The lowest BCUT2D eigenvalue weighted by Crippen LogP contribution is -2.35. The average Bonchev–Trinajstić information content (AvgIpc) is 2.95. The van der Waals surface area contributed by atoms with Crippen molar-refractivity contribution in [2.45, 2.75) is 31.0 Å². The number of ether oxygens (including phenoxy) is 1. The van der Waals surface area contributed by atoms with Crippen molar-refractivity contribution >= 4 is 22.9 Å². The number of hydrogen-bond acceptors (Lipinski definition) is 9. The van der Waals surface area contributed by atoms with Gasteiger partial charge in [0, 0.05) is 0 Å². The summed E-state index contributed by atoms with van der Waals surface area (Å²) in [6.07, 6.45) is -2.30. The maximum absolute atomic E-state index is 9.94. The molecular formula is C11H16N6O4. The number of aromatic nitrogens is 4. The molecule has 0 bridgehead atoms. The first-order valence-electron chi connectivity index (χ1n) is 6.37. The zero-order valence-electron chi connectivity index (χ0n) is 11.0. The molecule has 0 radical (unpaired) electrons. The molecule has 2 aromatic heterocycles. The molecule has 4 atom stereocenters. The van der Waals surface area contributed by atoms with Crippen LogP contribution in [0.15, 0.2) is 6.33 Å². The topological polar surface area (TPSA) is 166 Å². The highest BCUT2D eigenvalue weighted by molar-refractivity contribution is 5.82. The van der Waals surface area contributed by atoms with Gasteiger partial charge in [-0.25, -0.2) is 4.98 Å². The molecule has 3 rings (SSSR count). The minimum Gasteiger partial charge on any atom is -0.394 e. The number of nitrogens with zero attached hydrogens (tertiary/aromatic N) is 4. The summed E-state index contributed by atoms with van der Waals surface area (Å²) in [5, 5.41) is 28.8. The van der Waals surface area contributed by atoms with Crippen molar-refractivity contribution in [3.05, 3.63) is 6.33 Å². The molecule has 10 heteroatoms. The van der Waals surface area contributed by atoms with Crippen LogP contribution in [-0.4, -0.2) is 65.9 Å². The van der Waals surface area contributed by atoms with Gasteiger partial charge in [0.1, 0.15) is 29.9 Å². The van der Waals surface area contributed by atoms with Gasteiger partial charge >= 0.3 is 0 Å². The SMILES string of the molecule is Nc1nc(N)c2c(ncn2C[C@@H]2O[C@H](CO)[C@@H](O)[C@@H]2O)n1. The Kier molecular flexibility index (Phi) is 3.37. The third-order valence-corrected chi connectivity index (χ3v) is 3.53. The lowest BCUT2D eigenvalue weighted by atomic mass is 10.1. The van der Waals surface area contributed by atoms with E-state index in [2.05, 4.69) is 15.0 Å². The van der Waals surface area contributed by atoms with Gasteiger partial charge in [0.2, 0.25) is 5.95 Å². The third-order valence-electron chi connectivity index (χ3n) is 3.53. The zero-order chi connectivity index (χ0) is 15.1. The molecular weight excluding hydrogens is 280 g/mol. The Balaban J connectivity index is 1.89. The van der Waals surface area contributed by atoms with Crippen LogP contribution >= 0.6 is 0 Å². The molecule has 10 nitrogen and oxygen atoms in total. The molecule has 21 heavy (non-hydrogen) atoms. The van der Waals surface area contributed by atoms with Crippen molar-refractivity contribution in [3.63, 3.8) is 0 Å². The first-order chi connectivity index (χ1) is 10.0. The molecule has 0 aromatic carbocycles. The second-order valence-electron chi connectivity index (χ2n) is 4.91. The van der Waals surface area contributed by atoms with E-state index in [-0.39, 0.29) is 24.9 Å². The van der Waals surface area contributed by atoms with E-state index in [9.17, 15) is 10.2 Å². The van der Waals surface area contributed by atoms with E-state index in [4.69, 9.17) is 21.3 Å². The van der Waals surface area contributed by atoms with Gasteiger partial charge in [0.15, 0.2) is 11.5 Å². The Bertz CT molecular complexity index is 661. The van der Waals surface area contributed by atoms with Crippen LogP contribution in [0.4, 0.5) is 11.8 Å². The van der Waals surface area contributed by atoms with Crippen LogP contribution in [0.25, 0.3) is 11.2 Å². The summed E-state index contributed by atoms with van der Waals surface area (Å²) in [7, 11) is 0. The lowest BCUT2D eigenvalue weighted by molar-refractivity contribution is -0.0262. The van der Waals surface area contributed by atoms with Crippen molar-refractivity contribution in [1.29, 1.82) is 0 Å². The van der Waals surface area contributed by atoms with Gasteiger partial charge in [-0.2, -0.15) is 9.97 Å². The molecule has 1 saturated heterocycles. The maximum atomic E-state index is 9.94. The number of imidazole rings is 1. The van der Waals surface area contributed by atoms with Crippen molar-refractivity contribution in [1.82, 2.24) is 19.5 Å². The molecule has 0 amide bonds. The van der Waals surface area contributed by atoms with Crippen molar-refractivity contribution in [2.75, 3.05) is 18.1 Å². The monoisotopic (exact) mass is 296 g/mol. The standard InChI is InChI=1S/C11H16N6O4/c12-9-6-10(16-11(13)15-9)14-3-17(6)1-4-7(19)8(20)5(2-18)21-4/h3-5,7-8,18-20H,1-2H2,(H4,12,13,15,16)/t4-,5+,7+,8+/m0/s1. The summed E-state index contributed by atoms with van der Waals surface area (Å²) >= 11 is 0.